The lowest BCUT2D eigenvalue weighted by atomic mass is 10.2. The number of hydrogen-bond acceptors (Lipinski definition) is 8. The largest absolute Gasteiger partial charge is 0.462 e. The molecule has 10 nitrogen and oxygen atoms in total. The maximum absolute atomic E-state index is 12.4. The van der Waals surface area contributed by atoms with E-state index in [0.29, 0.717) is 16.9 Å². The van der Waals surface area contributed by atoms with Crippen molar-refractivity contribution in [2.75, 3.05) is 18.5 Å². The quantitative estimate of drug-likeness (QED) is 0.599. The Balaban J connectivity index is 1.57. The minimum absolute atomic E-state index is 0.214. The Labute approximate surface area is 165 Å². The second-order valence-electron chi connectivity index (χ2n) is 5.69. The average molecular weight is 395 g/mol. The number of hydrogen-bond donors (Lipinski definition) is 1. The molecular weight excluding hydrogens is 378 g/mol. The van der Waals surface area contributed by atoms with E-state index in [0.717, 1.165) is 0 Å². The van der Waals surface area contributed by atoms with Gasteiger partial charge in [0.2, 0.25) is 0 Å². The van der Waals surface area contributed by atoms with Crippen LogP contribution in [0.3, 0.4) is 0 Å². The zero-order valence-corrected chi connectivity index (χ0v) is 15.4. The molecule has 10 heteroatoms. The number of amides is 1. The Hall–Kier alpha value is -4.08. The third-order valence-electron chi connectivity index (χ3n) is 3.73. The molecular formula is C19H17N5O5. The Morgan fingerprint density at radius 1 is 1.00 bits per heavy atom. The van der Waals surface area contributed by atoms with Gasteiger partial charge in [-0.25, -0.2) is 9.59 Å². The number of carbonyl (C=O) groups is 3. The molecule has 0 atom stereocenters. The summed E-state index contributed by atoms with van der Waals surface area (Å²) in [5.74, 6) is -1.66. The topological polar surface area (TPSA) is 125 Å². The number of nitrogens with one attached hydrogen (secondary N) is 1. The van der Waals surface area contributed by atoms with Crippen molar-refractivity contribution in [3.8, 4) is 5.69 Å². The first-order valence-electron chi connectivity index (χ1n) is 8.65. The van der Waals surface area contributed by atoms with Crippen molar-refractivity contribution in [1.82, 2.24) is 20.2 Å². The van der Waals surface area contributed by atoms with Gasteiger partial charge in [-0.15, -0.1) is 5.10 Å². The van der Waals surface area contributed by atoms with Crippen LogP contribution in [-0.2, 0) is 14.3 Å². The van der Waals surface area contributed by atoms with Crippen LogP contribution in [0.1, 0.15) is 27.6 Å². The fourth-order valence-corrected chi connectivity index (χ4v) is 2.43. The van der Waals surface area contributed by atoms with E-state index in [1.165, 1.54) is 23.1 Å². The molecule has 1 N–H and O–H groups in total. The summed E-state index contributed by atoms with van der Waals surface area (Å²) in [6, 6.07) is 12.8. The van der Waals surface area contributed by atoms with E-state index in [-0.39, 0.29) is 12.2 Å². The number of esters is 2. The molecule has 148 valence electrons. The van der Waals surface area contributed by atoms with Crippen molar-refractivity contribution < 1.29 is 23.9 Å². The molecule has 0 fully saturated rings. The smallest absolute Gasteiger partial charge is 0.340 e. The van der Waals surface area contributed by atoms with E-state index in [1.807, 2.05) is 0 Å². The maximum Gasteiger partial charge on any atom is 0.340 e. The molecule has 0 saturated heterocycles. The van der Waals surface area contributed by atoms with Crippen LogP contribution in [0.5, 0.6) is 0 Å². The van der Waals surface area contributed by atoms with Gasteiger partial charge in [0.15, 0.2) is 6.61 Å². The second-order valence-corrected chi connectivity index (χ2v) is 5.69. The third-order valence-corrected chi connectivity index (χ3v) is 3.73. The second kappa shape index (κ2) is 9.22. The highest BCUT2D eigenvalue weighted by Crippen LogP contribution is 2.14. The number of benzene rings is 2. The first-order chi connectivity index (χ1) is 14.1. The lowest BCUT2D eigenvalue weighted by molar-refractivity contribution is -0.119. The lowest BCUT2D eigenvalue weighted by Crippen LogP contribution is -2.21. The summed E-state index contributed by atoms with van der Waals surface area (Å²) >= 11 is 0. The Kier molecular flexibility index (Phi) is 6.25. The number of tetrazole rings is 1. The summed E-state index contributed by atoms with van der Waals surface area (Å²) in [6.45, 7) is 1.51. The van der Waals surface area contributed by atoms with Gasteiger partial charge in [-0.05, 0) is 53.7 Å². The van der Waals surface area contributed by atoms with Crippen molar-refractivity contribution in [2.45, 2.75) is 6.92 Å². The van der Waals surface area contributed by atoms with Crippen molar-refractivity contribution >= 4 is 23.5 Å². The molecule has 0 saturated carbocycles. The van der Waals surface area contributed by atoms with Gasteiger partial charge in [0.1, 0.15) is 6.33 Å². The van der Waals surface area contributed by atoms with Crippen LogP contribution < -0.4 is 5.32 Å². The van der Waals surface area contributed by atoms with Gasteiger partial charge in [0, 0.05) is 5.69 Å². The van der Waals surface area contributed by atoms with Gasteiger partial charge in [0.05, 0.1) is 23.4 Å². The highest BCUT2D eigenvalue weighted by Gasteiger charge is 2.16. The summed E-state index contributed by atoms with van der Waals surface area (Å²) in [6.07, 6.45) is 1.35. The van der Waals surface area contributed by atoms with Crippen LogP contribution in [0, 0.1) is 0 Å². The molecule has 0 bridgehead atoms. The maximum atomic E-state index is 12.4. The summed E-state index contributed by atoms with van der Waals surface area (Å²) in [4.78, 5) is 36.1. The first kappa shape index (κ1) is 19.7. The van der Waals surface area contributed by atoms with E-state index in [9.17, 15) is 14.4 Å². The average Bonchev–Trinajstić information content (AvgIpc) is 3.27. The van der Waals surface area contributed by atoms with Crippen molar-refractivity contribution in [3.63, 3.8) is 0 Å². The molecule has 29 heavy (non-hydrogen) atoms. The fraction of sp³-hybridized carbons (Fsp3) is 0.158. The zero-order valence-electron chi connectivity index (χ0n) is 15.4. The molecule has 2 aromatic carbocycles. The predicted octanol–water partition coefficient (Wildman–Crippen LogP) is 1.63. The molecule has 0 unspecified atom stereocenters. The monoisotopic (exact) mass is 395 g/mol. The van der Waals surface area contributed by atoms with Crippen molar-refractivity contribution in [1.29, 1.82) is 0 Å². The summed E-state index contributed by atoms with van der Waals surface area (Å²) < 4.78 is 11.3. The highest BCUT2D eigenvalue weighted by atomic mass is 16.5. The molecule has 1 amide bonds. The standard InChI is InChI=1S/C19H17N5O5/c1-2-28-18(26)13-7-9-14(10-8-13)21-17(25)11-29-19(27)15-5-3-4-6-16(15)24-12-20-22-23-24/h3-10,12H,2,11H2,1H3,(H,21,25). The van der Waals surface area contributed by atoms with Gasteiger partial charge >= 0.3 is 11.9 Å². The van der Waals surface area contributed by atoms with E-state index in [2.05, 4.69) is 20.8 Å². The number of aromatic nitrogens is 4. The van der Waals surface area contributed by atoms with Gasteiger partial charge in [0.25, 0.3) is 5.91 Å². The molecule has 0 aliphatic heterocycles. The fourth-order valence-electron chi connectivity index (χ4n) is 2.43. The number of para-hydroxylation sites is 1. The van der Waals surface area contributed by atoms with Crippen LogP contribution in [0.4, 0.5) is 5.69 Å². The minimum atomic E-state index is -0.691. The molecule has 3 aromatic rings. The third kappa shape index (κ3) is 5.01. The van der Waals surface area contributed by atoms with Gasteiger partial charge in [-0.2, -0.15) is 4.68 Å². The number of carbonyl (C=O) groups excluding carboxylic acids is 3. The molecule has 0 radical (unpaired) electrons. The number of rotatable bonds is 7. The van der Waals surface area contributed by atoms with E-state index in [4.69, 9.17) is 9.47 Å². The van der Waals surface area contributed by atoms with Crippen molar-refractivity contribution in [3.05, 3.63) is 66.0 Å². The van der Waals surface area contributed by atoms with Crippen LogP contribution >= 0.6 is 0 Å². The van der Waals surface area contributed by atoms with Crippen LogP contribution in [-0.4, -0.2) is 51.3 Å². The van der Waals surface area contributed by atoms with E-state index >= 15 is 0 Å². The summed E-state index contributed by atoms with van der Waals surface area (Å²) in [5, 5.41) is 13.4. The molecule has 0 aliphatic rings. The van der Waals surface area contributed by atoms with Crippen LogP contribution in [0.15, 0.2) is 54.9 Å². The SMILES string of the molecule is CCOC(=O)c1ccc(NC(=O)COC(=O)c2ccccc2-n2cnnn2)cc1. The minimum Gasteiger partial charge on any atom is -0.462 e. The summed E-state index contributed by atoms with van der Waals surface area (Å²) in [5.41, 5.74) is 1.47. The number of ether oxygens (including phenoxy) is 2. The predicted molar refractivity (Wildman–Crippen MR) is 100 cm³/mol. The van der Waals surface area contributed by atoms with E-state index in [1.54, 1.807) is 43.3 Å². The van der Waals surface area contributed by atoms with E-state index < -0.39 is 24.5 Å². The highest BCUT2D eigenvalue weighted by molar-refractivity contribution is 5.97. The molecule has 3 rings (SSSR count). The number of nitrogens with zero attached hydrogens (tertiary/aromatic N) is 4. The zero-order chi connectivity index (χ0) is 20.6. The first-order valence-corrected chi connectivity index (χ1v) is 8.65. The Morgan fingerprint density at radius 3 is 2.45 bits per heavy atom. The normalized spacial score (nSPS) is 10.2. The Morgan fingerprint density at radius 2 is 1.76 bits per heavy atom. The van der Waals surface area contributed by atoms with Crippen LogP contribution in [0.2, 0.25) is 0 Å². The van der Waals surface area contributed by atoms with Gasteiger partial charge < -0.3 is 14.8 Å². The van der Waals surface area contributed by atoms with Crippen molar-refractivity contribution in [2.24, 2.45) is 0 Å². The lowest BCUT2D eigenvalue weighted by Gasteiger charge is -2.09. The molecule has 1 heterocycles. The van der Waals surface area contributed by atoms with Gasteiger partial charge in [-0.1, -0.05) is 12.1 Å². The number of anilines is 1. The molecule has 0 aliphatic carbocycles. The molecule has 0 spiro atoms. The van der Waals surface area contributed by atoms with Gasteiger partial charge in [-0.3, -0.25) is 4.79 Å². The summed E-state index contributed by atoms with van der Waals surface area (Å²) in [7, 11) is 0. The molecule has 1 aromatic heterocycles. The Bertz CT molecular complexity index is 1000. The van der Waals surface area contributed by atoms with Crippen LogP contribution in [0.25, 0.3) is 5.69 Å².